The SMILES string of the molecule is CNc1ncc2c(-c3ccc4nccn4c3)ccn2n1. The van der Waals surface area contributed by atoms with Crippen LogP contribution in [0.4, 0.5) is 5.95 Å². The lowest BCUT2D eigenvalue weighted by molar-refractivity contribution is 0.909. The molecule has 0 saturated carbocycles. The van der Waals surface area contributed by atoms with Gasteiger partial charge in [0.05, 0.1) is 11.7 Å². The molecule has 0 atom stereocenters. The second kappa shape index (κ2) is 4.06. The average Bonchev–Trinajstić information content (AvgIpc) is 3.11. The molecule has 4 heterocycles. The molecule has 0 spiro atoms. The van der Waals surface area contributed by atoms with Crippen molar-refractivity contribution >= 4 is 17.1 Å². The highest BCUT2D eigenvalue weighted by Gasteiger charge is 2.08. The van der Waals surface area contributed by atoms with E-state index in [-0.39, 0.29) is 0 Å². The fourth-order valence-corrected chi connectivity index (χ4v) is 2.34. The van der Waals surface area contributed by atoms with E-state index in [4.69, 9.17) is 0 Å². The van der Waals surface area contributed by atoms with Crippen molar-refractivity contribution in [3.05, 3.63) is 49.2 Å². The van der Waals surface area contributed by atoms with Crippen LogP contribution in [0.3, 0.4) is 0 Å². The Balaban J connectivity index is 1.92. The van der Waals surface area contributed by atoms with Gasteiger partial charge in [-0.05, 0) is 18.2 Å². The van der Waals surface area contributed by atoms with Crippen molar-refractivity contribution in [2.45, 2.75) is 0 Å². The first-order chi connectivity index (χ1) is 9.85. The topological polar surface area (TPSA) is 59.5 Å². The fourth-order valence-electron chi connectivity index (χ4n) is 2.34. The van der Waals surface area contributed by atoms with E-state index in [1.165, 1.54) is 0 Å². The molecule has 0 bridgehead atoms. The Morgan fingerprint density at radius 2 is 2.05 bits per heavy atom. The highest BCUT2D eigenvalue weighted by Crippen LogP contribution is 2.25. The third kappa shape index (κ3) is 1.55. The molecule has 0 unspecified atom stereocenters. The molecule has 0 aromatic carbocycles. The Morgan fingerprint density at radius 3 is 2.95 bits per heavy atom. The van der Waals surface area contributed by atoms with Gasteiger partial charge in [0.25, 0.3) is 0 Å². The number of anilines is 1. The number of imidazole rings is 1. The molecule has 1 N–H and O–H groups in total. The first-order valence-corrected chi connectivity index (χ1v) is 6.30. The maximum Gasteiger partial charge on any atom is 0.240 e. The van der Waals surface area contributed by atoms with E-state index in [1.807, 2.05) is 39.6 Å². The van der Waals surface area contributed by atoms with E-state index in [2.05, 4.69) is 32.6 Å². The summed E-state index contributed by atoms with van der Waals surface area (Å²) in [6, 6.07) is 6.10. The van der Waals surface area contributed by atoms with Crippen LogP contribution in [0, 0.1) is 0 Å². The van der Waals surface area contributed by atoms with Crippen LogP contribution in [0.15, 0.2) is 49.2 Å². The number of pyridine rings is 1. The van der Waals surface area contributed by atoms with Crippen LogP contribution in [0.5, 0.6) is 0 Å². The van der Waals surface area contributed by atoms with Gasteiger partial charge in [0.2, 0.25) is 5.95 Å². The lowest BCUT2D eigenvalue weighted by Crippen LogP contribution is -2.00. The summed E-state index contributed by atoms with van der Waals surface area (Å²) in [5.74, 6) is 0.602. The summed E-state index contributed by atoms with van der Waals surface area (Å²) >= 11 is 0. The van der Waals surface area contributed by atoms with Crippen LogP contribution in [0.25, 0.3) is 22.3 Å². The summed E-state index contributed by atoms with van der Waals surface area (Å²) in [7, 11) is 1.80. The molecule has 0 radical (unpaired) electrons. The Kier molecular flexibility index (Phi) is 2.23. The number of hydrogen-bond donors (Lipinski definition) is 1. The minimum Gasteiger partial charge on any atom is -0.356 e. The van der Waals surface area contributed by atoms with Crippen LogP contribution in [0.2, 0.25) is 0 Å². The fraction of sp³-hybridized carbons (Fsp3) is 0.0714. The molecule has 0 amide bonds. The van der Waals surface area contributed by atoms with Crippen LogP contribution < -0.4 is 5.32 Å². The second-order valence-corrected chi connectivity index (χ2v) is 4.50. The van der Waals surface area contributed by atoms with Crippen molar-refractivity contribution in [3.8, 4) is 11.1 Å². The highest BCUT2D eigenvalue weighted by molar-refractivity contribution is 5.80. The van der Waals surface area contributed by atoms with E-state index >= 15 is 0 Å². The van der Waals surface area contributed by atoms with Crippen molar-refractivity contribution in [2.24, 2.45) is 0 Å². The van der Waals surface area contributed by atoms with Crippen LogP contribution in [-0.4, -0.2) is 31.0 Å². The Hall–Kier alpha value is -2.89. The van der Waals surface area contributed by atoms with Gasteiger partial charge < -0.3 is 9.72 Å². The number of fused-ring (bicyclic) bond motifs is 2. The van der Waals surface area contributed by atoms with Crippen LogP contribution in [-0.2, 0) is 0 Å². The first kappa shape index (κ1) is 11.0. The average molecular weight is 264 g/mol. The van der Waals surface area contributed by atoms with Crippen molar-refractivity contribution in [1.82, 2.24) is 24.0 Å². The van der Waals surface area contributed by atoms with E-state index in [0.29, 0.717) is 5.95 Å². The molecule has 6 nitrogen and oxygen atoms in total. The lowest BCUT2D eigenvalue weighted by Gasteiger charge is -2.03. The molecule has 0 aliphatic carbocycles. The molecule has 6 heteroatoms. The first-order valence-electron chi connectivity index (χ1n) is 6.30. The maximum absolute atomic E-state index is 4.37. The minimum atomic E-state index is 0.602. The monoisotopic (exact) mass is 264 g/mol. The molecule has 0 fully saturated rings. The molecule has 0 aliphatic heterocycles. The van der Waals surface area contributed by atoms with Gasteiger partial charge in [0, 0.05) is 43.0 Å². The Labute approximate surface area is 114 Å². The van der Waals surface area contributed by atoms with Gasteiger partial charge in [0.15, 0.2) is 0 Å². The zero-order valence-corrected chi connectivity index (χ0v) is 10.9. The normalized spacial score (nSPS) is 11.2. The zero-order valence-electron chi connectivity index (χ0n) is 10.9. The van der Waals surface area contributed by atoms with E-state index in [9.17, 15) is 0 Å². The summed E-state index contributed by atoms with van der Waals surface area (Å²) in [6.45, 7) is 0. The predicted molar refractivity (Wildman–Crippen MR) is 76.7 cm³/mol. The third-order valence-corrected chi connectivity index (χ3v) is 3.34. The van der Waals surface area contributed by atoms with Crippen LogP contribution >= 0.6 is 0 Å². The van der Waals surface area contributed by atoms with Crippen molar-refractivity contribution in [3.63, 3.8) is 0 Å². The molecule has 98 valence electrons. The molecule has 20 heavy (non-hydrogen) atoms. The summed E-state index contributed by atoms with van der Waals surface area (Å²) in [4.78, 5) is 8.52. The molecule has 4 rings (SSSR count). The molecular weight excluding hydrogens is 252 g/mol. The smallest absolute Gasteiger partial charge is 0.240 e. The molecule has 0 aliphatic rings. The van der Waals surface area contributed by atoms with Crippen LogP contribution in [0.1, 0.15) is 0 Å². The minimum absolute atomic E-state index is 0.602. The largest absolute Gasteiger partial charge is 0.356 e. The molecule has 4 aromatic heterocycles. The van der Waals surface area contributed by atoms with E-state index in [0.717, 1.165) is 22.3 Å². The van der Waals surface area contributed by atoms with Crippen molar-refractivity contribution < 1.29 is 0 Å². The van der Waals surface area contributed by atoms with Gasteiger partial charge in [-0.25, -0.2) is 14.5 Å². The van der Waals surface area contributed by atoms with Gasteiger partial charge in [-0.15, -0.1) is 5.10 Å². The highest BCUT2D eigenvalue weighted by atomic mass is 15.3. The summed E-state index contributed by atoms with van der Waals surface area (Å²) in [5.41, 5.74) is 4.12. The number of nitrogens with zero attached hydrogens (tertiary/aromatic N) is 5. The zero-order chi connectivity index (χ0) is 13.5. The summed E-state index contributed by atoms with van der Waals surface area (Å²) < 4.78 is 3.83. The van der Waals surface area contributed by atoms with E-state index in [1.54, 1.807) is 13.2 Å². The number of rotatable bonds is 2. The molecule has 0 saturated heterocycles. The number of aromatic nitrogens is 5. The van der Waals surface area contributed by atoms with Crippen molar-refractivity contribution in [1.29, 1.82) is 0 Å². The van der Waals surface area contributed by atoms with E-state index < -0.39 is 0 Å². The van der Waals surface area contributed by atoms with Gasteiger partial charge in [0.1, 0.15) is 5.65 Å². The molecular formula is C14H12N6. The lowest BCUT2D eigenvalue weighted by atomic mass is 10.1. The van der Waals surface area contributed by atoms with Gasteiger partial charge in [-0.2, -0.15) is 0 Å². The summed E-state index contributed by atoms with van der Waals surface area (Å²) in [6.07, 6.45) is 9.55. The van der Waals surface area contributed by atoms with Gasteiger partial charge in [-0.1, -0.05) is 0 Å². The Bertz CT molecular complexity index is 904. The van der Waals surface area contributed by atoms with Crippen molar-refractivity contribution in [2.75, 3.05) is 12.4 Å². The molecule has 4 aromatic rings. The van der Waals surface area contributed by atoms with Gasteiger partial charge in [-0.3, -0.25) is 0 Å². The number of nitrogens with one attached hydrogen (secondary N) is 1. The van der Waals surface area contributed by atoms with Gasteiger partial charge >= 0.3 is 0 Å². The predicted octanol–water partition coefficient (Wildman–Crippen LogP) is 2.09. The maximum atomic E-state index is 4.37. The quantitative estimate of drug-likeness (QED) is 0.602. The summed E-state index contributed by atoms with van der Waals surface area (Å²) in [5, 5.41) is 7.30. The second-order valence-electron chi connectivity index (χ2n) is 4.50. The third-order valence-electron chi connectivity index (χ3n) is 3.34. The number of hydrogen-bond acceptors (Lipinski definition) is 4. The Morgan fingerprint density at radius 1 is 1.10 bits per heavy atom. The standard InChI is InChI=1S/C14H12N6/c1-15-14-17-8-12-11(4-6-20(12)18-14)10-2-3-13-16-5-7-19(13)9-10/h2-9H,1H3,(H,15,18).